The molecule has 92 valence electrons. The lowest BCUT2D eigenvalue weighted by Gasteiger charge is -2.36. The number of aryl methyl sites for hydroxylation is 1. The first-order valence-electron chi connectivity index (χ1n) is 7.17. The van der Waals surface area contributed by atoms with Gasteiger partial charge in [0.1, 0.15) is 0 Å². The highest BCUT2D eigenvalue weighted by Crippen LogP contribution is 2.49. The van der Waals surface area contributed by atoms with E-state index in [1.54, 1.807) is 0 Å². The summed E-state index contributed by atoms with van der Waals surface area (Å²) in [6, 6.07) is 8.75. The van der Waals surface area contributed by atoms with Gasteiger partial charge in [0.2, 0.25) is 0 Å². The van der Waals surface area contributed by atoms with Gasteiger partial charge in [-0.15, -0.1) is 0 Å². The zero-order valence-electron chi connectivity index (χ0n) is 10.6. The molecular weight excluding hydrogens is 220 g/mol. The molecule has 1 heteroatoms. The topological polar surface area (TPSA) is 17.1 Å². The molecule has 18 heavy (non-hydrogen) atoms. The number of benzene rings is 1. The van der Waals surface area contributed by atoms with Crippen molar-refractivity contribution < 1.29 is 4.79 Å². The van der Waals surface area contributed by atoms with Gasteiger partial charge in [0.25, 0.3) is 0 Å². The molecule has 0 radical (unpaired) electrons. The number of allylic oxidation sites excluding steroid dienone is 2. The Kier molecular flexibility index (Phi) is 2.23. The lowest BCUT2D eigenvalue weighted by molar-refractivity contribution is -0.121. The van der Waals surface area contributed by atoms with Gasteiger partial charge >= 0.3 is 0 Å². The van der Waals surface area contributed by atoms with Crippen LogP contribution in [0.4, 0.5) is 0 Å². The second-order valence-electron chi connectivity index (χ2n) is 5.95. The maximum absolute atomic E-state index is 12.6. The second-order valence-corrected chi connectivity index (χ2v) is 5.95. The Hall–Kier alpha value is -1.37. The van der Waals surface area contributed by atoms with Crippen LogP contribution in [0.1, 0.15) is 49.1 Å². The van der Waals surface area contributed by atoms with Crippen molar-refractivity contribution in [3.05, 3.63) is 46.5 Å². The van der Waals surface area contributed by atoms with E-state index in [9.17, 15) is 4.79 Å². The van der Waals surface area contributed by atoms with Crippen LogP contribution in [0, 0.1) is 5.92 Å². The smallest absolute Gasteiger partial charge is 0.162 e. The zero-order valence-corrected chi connectivity index (χ0v) is 10.6. The lowest BCUT2D eigenvalue weighted by atomic mass is 9.66. The molecule has 1 aromatic carbocycles. The zero-order chi connectivity index (χ0) is 12.1. The average Bonchev–Trinajstić information content (AvgIpc) is 2.87. The molecule has 0 saturated carbocycles. The van der Waals surface area contributed by atoms with Crippen LogP contribution in [0.15, 0.2) is 35.4 Å². The number of ketones is 1. The highest BCUT2D eigenvalue weighted by Gasteiger charge is 2.41. The molecule has 0 N–H and O–H groups in total. The molecule has 0 heterocycles. The van der Waals surface area contributed by atoms with Crippen molar-refractivity contribution in [1.82, 2.24) is 0 Å². The Morgan fingerprint density at radius 3 is 2.83 bits per heavy atom. The highest BCUT2D eigenvalue weighted by atomic mass is 16.1. The Morgan fingerprint density at radius 1 is 1.00 bits per heavy atom. The van der Waals surface area contributed by atoms with E-state index < -0.39 is 0 Å². The summed E-state index contributed by atoms with van der Waals surface area (Å²) in [6.45, 7) is 0. The summed E-state index contributed by atoms with van der Waals surface area (Å²) in [5.41, 5.74) is 5.64. The van der Waals surface area contributed by atoms with E-state index in [-0.39, 0.29) is 5.92 Å². The minimum atomic E-state index is 0.289. The third-order valence-corrected chi connectivity index (χ3v) is 5.10. The molecule has 0 aromatic heterocycles. The molecule has 3 aliphatic rings. The Labute approximate surface area is 108 Å². The largest absolute Gasteiger partial charge is 0.294 e. The van der Waals surface area contributed by atoms with Crippen molar-refractivity contribution in [2.45, 2.75) is 44.4 Å². The molecule has 0 unspecified atom stereocenters. The molecule has 0 spiro atoms. The van der Waals surface area contributed by atoms with E-state index in [2.05, 4.69) is 24.3 Å². The van der Waals surface area contributed by atoms with Crippen molar-refractivity contribution >= 4 is 5.78 Å². The monoisotopic (exact) mass is 238 g/mol. The summed E-state index contributed by atoms with van der Waals surface area (Å²) in [5.74, 6) is 1.27. The van der Waals surface area contributed by atoms with Gasteiger partial charge in [0.05, 0.1) is 0 Å². The first-order chi connectivity index (χ1) is 8.84. The van der Waals surface area contributed by atoms with Crippen LogP contribution in [0.25, 0.3) is 0 Å². The number of hydrogen-bond donors (Lipinski definition) is 0. The maximum atomic E-state index is 12.6. The first-order valence-corrected chi connectivity index (χ1v) is 7.17. The molecule has 2 atom stereocenters. The summed E-state index contributed by atoms with van der Waals surface area (Å²) in [6.07, 6.45) is 6.74. The summed E-state index contributed by atoms with van der Waals surface area (Å²) < 4.78 is 0. The van der Waals surface area contributed by atoms with Crippen LogP contribution in [0.2, 0.25) is 0 Å². The predicted molar refractivity (Wildman–Crippen MR) is 71.5 cm³/mol. The van der Waals surface area contributed by atoms with Crippen molar-refractivity contribution in [1.29, 1.82) is 0 Å². The number of carbonyl (C=O) groups is 1. The SMILES string of the molecule is O=C1C2=C(CCC2)C[C@H]2c3ccccc3CC[C@@H]12. The number of carbonyl (C=O) groups excluding carboxylic acids is 1. The molecule has 0 bridgehead atoms. The van der Waals surface area contributed by atoms with E-state index in [1.807, 2.05) is 0 Å². The number of rotatable bonds is 0. The Balaban J connectivity index is 1.81. The van der Waals surface area contributed by atoms with Crippen molar-refractivity contribution in [3.8, 4) is 0 Å². The van der Waals surface area contributed by atoms with Crippen LogP contribution in [0.3, 0.4) is 0 Å². The molecular formula is C17H18O. The van der Waals surface area contributed by atoms with E-state index in [0.29, 0.717) is 11.7 Å². The normalized spacial score (nSPS) is 29.9. The third-order valence-electron chi connectivity index (χ3n) is 5.10. The number of Topliss-reactive ketones (excluding diaryl/α,β-unsaturated/α-hetero) is 1. The fraction of sp³-hybridized carbons (Fsp3) is 0.471. The van der Waals surface area contributed by atoms with Crippen LogP contribution < -0.4 is 0 Å². The van der Waals surface area contributed by atoms with E-state index in [1.165, 1.54) is 35.1 Å². The molecule has 0 aliphatic heterocycles. The predicted octanol–water partition coefficient (Wildman–Crippen LogP) is 3.79. The summed E-state index contributed by atoms with van der Waals surface area (Å²) in [4.78, 5) is 12.6. The minimum absolute atomic E-state index is 0.289. The van der Waals surface area contributed by atoms with Gasteiger partial charge in [-0.05, 0) is 61.1 Å². The lowest BCUT2D eigenvalue weighted by Crippen LogP contribution is -2.32. The molecule has 1 nitrogen and oxygen atoms in total. The summed E-state index contributed by atoms with van der Waals surface area (Å²) >= 11 is 0. The van der Waals surface area contributed by atoms with Gasteiger partial charge < -0.3 is 0 Å². The van der Waals surface area contributed by atoms with Crippen LogP contribution >= 0.6 is 0 Å². The number of hydrogen-bond acceptors (Lipinski definition) is 1. The van der Waals surface area contributed by atoms with Crippen molar-refractivity contribution in [2.24, 2.45) is 5.92 Å². The highest BCUT2D eigenvalue weighted by molar-refractivity contribution is 6.00. The van der Waals surface area contributed by atoms with E-state index in [4.69, 9.17) is 0 Å². The standard InChI is InChI=1S/C17H18O/c18-17-14-7-3-5-12(14)10-16-13-6-2-1-4-11(13)8-9-15(16)17/h1-2,4,6,15-16H,3,5,7-10H2/t15-,16+/m1/s1. The van der Waals surface area contributed by atoms with Gasteiger partial charge in [0.15, 0.2) is 5.78 Å². The van der Waals surface area contributed by atoms with Crippen molar-refractivity contribution in [2.75, 3.05) is 0 Å². The van der Waals surface area contributed by atoms with E-state index >= 15 is 0 Å². The molecule has 0 fully saturated rings. The quantitative estimate of drug-likeness (QED) is 0.672. The van der Waals surface area contributed by atoms with Gasteiger partial charge in [-0.2, -0.15) is 0 Å². The van der Waals surface area contributed by atoms with Gasteiger partial charge in [0, 0.05) is 5.92 Å². The Bertz CT molecular complexity index is 552. The summed E-state index contributed by atoms with van der Waals surface area (Å²) in [5, 5.41) is 0. The fourth-order valence-corrected chi connectivity index (χ4v) is 4.24. The maximum Gasteiger partial charge on any atom is 0.162 e. The number of fused-ring (bicyclic) bond motifs is 3. The minimum Gasteiger partial charge on any atom is -0.294 e. The van der Waals surface area contributed by atoms with Gasteiger partial charge in [-0.25, -0.2) is 0 Å². The molecule has 0 amide bonds. The second kappa shape index (κ2) is 3.81. The molecule has 3 aliphatic carbocycles. The van der Waals surface area contributed by atoms with Crippen LogP contribution in [-0.2, 0) is 11.2 Å². The molecule has 0 saturated heterocycles. The third kappa shape index (κ3) is 1.36. The summed E-state index contributed by atoms with van der Waals surface area (Å²) in [7, 11) is 0. The van der Waals surface area contributed by atoms with Crippen LogP contribution in [-0.4, -0.2) is 5.78 Å². The molecule has 4 rings (SSSR count). The first kappa shape index (κ1) is 10.5. The Morgan fingerprint density at radius 2 is 1.89 bits per heavy atom. The van der Waals surface area contributed by atoms with Gasteiger partial charge in [-0.1, -0.05) is 29.8 Å². The molecule has 1 aromatic rings. The van der Waals surface area contributed by atoms with E-state index in [0.717, 1.165) is 25.7 Å². The van der Waals surface area contributed by atoms with Crippen LogP contribution in [0.5, 0.6) is 0 Å². The van der Waals surface area contributed by atoms with Crippen molar-refractivity contribution in [3.63, 3.8) is 0 Å². The van der Waals surface area contributed by atoms with Gasteiger partial charge in [-0.3, -0.25) is 4.79 Å². The average molecular weight is 238 g/mol. The fourth-order valence-electron chi connectivity index (χ4n) is 4.24.